The number of carbonyl (C=O) groups is 1. The summed E-state index contributed by atoms with van der Waals surface area (Å²) < 4.78 is 64.9. The molecule has 0 spiro atoms. The maximum absolute atomic E-state index is 11.3. The van der Waals surface area contributed by atoms with Crippen LogP contribution in [0.3, 0.4) is 0 Å². The van der Waals surface area contributed by atoms with E-state index in [-0.39, 0.29) is 4.43 Å². The van der Waals surface area contributed by atoms with Crippen LogP contribution in [0.5, 0.6) is 0 Å². The monoisotopic (exact) mass is 352 g/mol. The van der Waals surface area contributed by atoms with Crippen LogP contribution in [0.25, 0.3) is 0 Å². The fourth-order valence-electron chi connectivity index (χ4n) is 0.525. The molecule has 1 amide bonds. The number of amides is 1. The van der Waals surface area contributed by atoms with E-state index in [9.17, 15) is 13.2 Å². The van der Waals surface area contributed by atoms with Gasteiger partial charge in [0.2, 0.25) is 5.91 Å². The van der Waals surface area contributed by atoms with Crippen molar-refractivity contribution < 1.29 is 24.2 Å². The molecule has 0 aromatic rings. The van der Waals surface area contributed by atoms with Gasteiger partial charge in [0.15, 0.2) is 5.66 Å². The number of rotatable bonds is 6. The van der Waals surface area contributed by atoms with Crippen LogP contribution in [0.2, 0.25) is 0 Å². The van der Waals surface area contributed by atoms with Crippen LogP contribution in [0.15, 0.2) is 10.2 Å². The first-order chi connectivity index (χ1) is 8.87. The minimum absolute atomic E-state index is 0.142. The molecule has 86 valence electrons. The zero-order valence-corrected chi connectivity index (χ0v) is 10.2. The lowest BCUT2D eigenvalue weighted by Gasteiger charge is -2.06. The predicted molar refractivity (Wildman–Crippen MR) is 59.8 cm³/mol. The van der Waals surface area contributed by atoms with Crippen molar-refractivity contribution in [2.75, 3.05) is 11.0 Å². The second kappa shape index (κ2) is 4.70. The van der Waals surface area contributed by atoms with Crippen LogP contribution < -0.4 is 4.72 Å². The Labute approximate surface area is 108 Å². The normalized spacial score (nSPS) is 24.2. The van der Waals surface area contributed by atoms with E-state index in [1.54, 1.807) is 22.6 Å². The van der Waals surface area contributed by atoms with Crippen molar-refractivity contribution in [2.24, 2.45) is 10.2 Å². The average Bonchev–Trinajstić information content (AvgIpc) is 3.06. The Morgan fingerprint density at radius 2 is 2.40 bits per heavy atom. The van der Waals surface area contributed by atoms with Crippen LogP contribution in [0.1, 0.15) is 20.1 Å². The van der Waals surface area contributed by atoms with Crippen molar-refractivity contribution in [3.8, 4) is 0 Å². The van der Waals surface area contributed by atoms with E-state index in [2.05, 4.69) is 14.4 Å². The van der Waals surface area contributed by atoms with Crippen molar-refractivity contribution >= 4 is 38.8 Å². The van der Waals surface area contributed by atoms with Crippen molar-refractivity contribution in [3.63, 3.8) is 0 Å². The smallest absolute Gasteiger partial charge is 0.273 e. The van der Waals surface area contributed by atoms with Crippen molar-refractivity contribution in [2.45, 2.75) is 18.9 Å². The largest absolute Gasteiger partial charge is 0.362 e. The van der Waals surface area contributed by atoms with Gasteiger partial charge in [-0.05, 0) is 6.85 Å². The van der Waals surface area contributed by atoms with Gasteiger partial charge in [-0.2, -0.15) is 18.6 Å². The Kier molecular flexibility index (Phi) is 2.23. The first-order valence-corrected chi connectivity index (χ1v) is 6.50. The fourth-order valence-corrected chi connectivity index (χ4v) is 1.60. The van der Waals surface area contributed by atoms with Crippen LogP contribution in [-0.2, 0) is 19.3 Å². The molecule has 1 rings (SSSR count). The topological polar surface area (TPSA) is 97.2 Å². The molecule has 0 saturated heterocycles. The summed E-state index contributed by atoms with van der Waals surface area (Å²) in [6.45, 7) is -4.00. The van der Waals surface area contributed by atoms with E-state index in [0.29, 0.717) is 0 Å². The van der Waals surface area contributed by atoms with Crippen LogP contribution in [-0.4, -0.2) is 31.0 Å². The molecule has 15 heavy (non-hydrogen) atoms. The number of nitrogens with one attached hydrogen (secondary N) is 1. The highest BCUT2D eigenvalue weighted by molar-refractivity contribution is 14.1. The highest BCUT2D eigenvalue weighted by atomic mass is 127. The fraction of sp³-hybridized carbons (Fsp3) is 0.833. The molecule has 0 saturated carbocycles. The Morgan fingerprint density at radius 1 is 1.73 bits per heavy atom. The van der Waals surface area contributed by atoms with Gasteiger partial charge in [0.25, 0.3) is 0 Å². The lowest BCUT2D eigenvalue weighted by Crippen LogP contribution is -2.33. The van der Waals surface area contributed by atoms with E-state index in [1.807, 2.05) is 0 Å². The first kappa shape index (κ1) is 7.12. The molecule has 1 aliphatic rings. The van der Waals surface area contributed by atoms with Gasteiger partial charge >= 0.3 is 10.3 Å². The van der Waals surface area contributed by atoms with Crippen LogP contribution in [0.4, 0.5) is 0 Å². The summed E-state index contributed by atoms with van der Waals surface area (Å²) in [6, 6.07) is 0. The second-order valence-electron chi connectivity index (χ2n) is 2.42. The summed E-state index contributed by atoms with van der Waals surface area (Å²) >= 11 is 1.62. The Hall–Kier alpha value is -0.290. The number of hydrogen-bond donors (Lipinski definition) is 1. The molecule has 0 aromatic heterocycles. The number of hydrogen-bond acceptors (Lipinski definition) is 6. The standard InChI is InChI=1S/C6H10IN3O4S/c1-6(9-10-6)2-3-14-15(12,13)8-5(11)4-7/h2-4H2,1H3,(H,8,11)/i1D3,2D2. The molecule has 0 unspecified atom stereocenters. The highest BCUT2D eigenvalue weighted by Crippen LogP contribution is 2.30. The van der Waals surface area contributed by atoms with Gasteiger partial charge in [-0.3, -0.25) is 8.98 Å². The third kappa shape index (κ3) is 4.84. The van der Waals surface area contributed by atoms with E-state index in [0.717, 1.165) is 0 Å². The number of halogens is 1. The van der Waals surface area contributed by atoms with Gasteiger partial charge in [0.05, 0.1) is 11.0 Å². The second-order valence-corrected chi connectivity index (χ2v) is 4.54. The predicted octanol–water partition coefficient (Wildman–Crippen LogP) is 0.371. The summed E-state index contributed by atoms with van der Waals surface area (Å²) in [5.74, 6) is -0.850. The average molecular weight is 352 g/mol. The molecule has 1 aliphatic heterocycles. The molecule has 0 fully saturated rings. The van der Waals surface area contributed by atoms with Gasteiger partial charge in [0.1, 0.15) is 0 Å². The van der Waals surface area contributed by atoms with Gasteiger partial charge < -0.3 is 0 Å². The molecule has 1 heterocycles. The van der Waals surface area contributed by atoms with E-state index < -0.39 is 41.7 Å². The highest BCUT2D eigenvalue weighted by Gasteiger charge is 2.33. The molecule has 0 bridgehead atoms. The molecule has 9 heteroatoms. The molecular formula is C6H10IN3O4S. The molecule has 0 radical (unpaired) electrons. The number of alkyl halides is 1. The zero-order chi connectivity index (χ0) is 15.8. The summed E-state index contributed by atoms with van der Waals surface area (Å²) in [5, 5.41) is 6.36. The van der Waals surface area contributed by atoms with Crippen molar-refractivity contribution in [1.82, 2.24) is 4.72 Å². The number of carbonyl (C=O) groups excluding carboxylic acids is 1. The zero-order valence-electron chi connectivity index (χ0n) is 12.2. The third-order valence-electron chi connectivity index (χ3n) is 1.19. The maximum Gasteiger partial charge on any atom is 0.362 e. The van der Waals surface area contributed by atoms with Gasteiger partial charge in [0, 0.05) is 13.2 Å². The van der Waals surface area contributed by atoms with Crippen LogP contribution in [0, 0.1) is 0 Å². The Morgan fingerprint density at radius 3 is 2.87 bits per heavy atom. The van der Waals surface area contributed by atoms with Crippen molar-refractivity contribution in [3.05, 3.63) is 0 Å². The molecule has 0 atom stereocenters. The number of nitrogens with zero attached hydrogens (tertiary/aromatic N) is 2. The minimum Gasteiger partial charge on any atom is -0.273 e. The van der Waals surface area contributed by atoms with E-state index in [1.165, 1.54) is 4.72 Å². The maximum atomic E-state index is 11.3. The molecule has 0 aliphatic carbocycles. The first-order valence-electron chi connectivity index (χ1n) is 6.07. The quantitative estimate of drug-likeness (QED) is 0.552. The van der Waals surface area contributed by atoms with Gasteiger partial charge in [-0.15, -0.1) is 0 Å². The van der Waals surface area contributed by atoms with E-state index in [4.69, 9.17) is 6.85 Å². The summed E-state index contributed by atoms with van der Waals surface area (Å²) in [5.41, 5.74) is -2.33. The van der Waals surface area contributed by atoms with E-state index >= 15 is 0 Å². The lowest BCUT2D eigenvalue weighted by molar-refractivity contribution is -0.116. The lowest BCUT2D eigenvalue weighted by atomic mass is 10.2. The Balaban J connectivity index is 2.72. The Bertz CT molecular complexity index is 527. The molecule has 1 N–H and O–H groups in total. The third-order valence-corrected chi connectivity index (χ3v) is 2.79. The summed E-state index contributed by atoms with van der Waals surface area (Å²) in [7, 11) is -4.52. The molecule has 0 aromatic carbocycles. The molecule has 7 nitrogen and oxygen atoms in total. The van der Waals surface area contributed by atoms with Gasteiger partial charge in [-0.1, -0.05) is 22.6 Å². The minimum atomic E-state index is -4.52. The molecular weight excluding hydrogens is 337 g/mol. The summed E-state index contributed by atoms with van der Waals surface area (Å²) in [4.78, 5) is 10.9. The SMILES string of the molecule is [2H]C([2H])([2H])C1(C([2H])([2H])COS(=O)(=O)NC(=O)CI)N=N1. The van der Waals surface area contributed by atoms with Crippen LogP contribution >= 0.6 is 22.6 Å². The summed E-state index contributed by atoms with van der Waals surface area (Å²) in [6.07, 6.45) is -2.67. The van der Waals surface area contributed by atoms with Crippen molar-refractivity contribution in [1.29, 1.82) is 0 Å². The van der Waals surface area contributed by atoms with Gasteiger partial charge in [-0.25, -0.2) is 4.72 Å².